The van der Waals surface area contributed by atoms with Crippen LogP contribution in [0.3, 0.4) is 0 Å². The summed E-state index contributed by atoms with van der Waals surface area (Å²) in [6.07, 6.45) is 3.86. The molecule has 0 amide bonds. The molecule has 1 fully saturated rings. The summed E-state index contributed by atoms with van der Waals surface area (Å²) >= 11 is 0. The first-order chi connectivity index (χ1) is 9.06. The molecule has 1 aliphatic heterocycles. The maximum absolute atomic E-state index is 11.9. The lowest BCUT2D eigenvalue weighted by atomic mass is 9.99. The van der Waals surface area contributed by atoms with E-state index < -0.39 is 17.5 Å². The van der Waals surface area contributed by atoms with Crippen LogP contribution in [0.1, 0.15) is 24.6 Å². The van der Waals surface area contributed by atoms with Gasteiger partial charge in [-0.15, -0.1) is 6.58 Å². The Labute approximate surface area is 110 Å². The van der Waals surface area contributed by atoms with Crippen molar-refractivity contribution >= 4 is 0 Å². The van der Waals surface area contributed by atoms with Crippen molar-refractivity contribution in [1.82, 2.24) is 9.55 Å². The summed E-state index contributed by atoms with van der Waals surface area (Å²) in [4.78, 5) is 25.5. The van der Waals surface area contributed by atoms with Gasteiger partial charge in [-0.1, -0.05) is 6.08 Å². The van der Waals surface area contributed by atoms with E-state index in [2.05, 4.69) is 11.6 Å². The highest BCUT2D eigenvalue weighted by molar-refractivity contribution is 5.02. The maximum Gasteiger partial charge on any atom is 0.330 e. The van der Waals surface area contributed by atoms with E-state index in [0.717, 1.165) is 0 Å². The zero-order valence-electron chi connectivity index (χ0n) is 10.8. The molecule has 6 heteroatoms. The Morgan fingerprint density at radius 1 is 1.63 bits per heavy atom. The number of aliphatic hydroxyl groups is 1. The van der Waals surface area contributed by atoms with Gasteiger partial charge in [0.15, 0.2) is 0 Å². The Bertz CT molecular complexity index is 575. The molecule has 2 N–H and O–H groups in total. The van der Waals surface area contributed by atoms with Crippen LogP contribution in [0, 0.1) is 12.8 Å². The fraction of sp³-hybridized carbons (Fsp3) is 0.538. The SMILES string of the molecule is C=CCC1C[C@@H](CO)O[C@H]1n1cc(C)c(=O)[nH]c1=O. The fourth-order valence-corrected chi connectivity index (χ4v) is 2.43. The van der Waals surface area contributed by atoms with Crippen LogP contribution in [0.5, 0.6) is 0 Å². The third kappa shape index (κ3) is 2.69. The van der Waals surface area contributed by atoms with Crippen molar-refractivity contribution in [2.24, 2.45) is 5.92 Å². The Morgan fingerprint density at radius 3 is 3.00 bits per heavy atom. The number of aromatic nitrogens is 2. The highest BCUT2D eigenvalue weighted by Crippen LogP contribution is 2.35. The van der Waals surface area contributed by atoms with E-state index in [0.29, 0.717) is 18.4 Å². The molecule has 6 nitrogen and oxygen atoms in total. The number of rotatable bonds is 4. The largest absolute Gasteiger partial charge is 0.394 e. The van der Waals surface area contributed by atoms with Gasteiger partial charge in [0, 0.05) is 17.7 Å². The molecule has 0 spiro atoms. The molecule has 1 unspecified atom stereocenters. The molecule has 19 heavy (non-hydrogen) atoms. The lowest BCUT2D eigenvalue weighted by molar-refractivity contribution is -0.0352. The van der Waals surface area contributed by atoms with E-state index in [1.54, 1.807) is 13.0 Å². The number of aromatic amines is 1. The molecule has 0 saturated carbocycles. The molecule has 0 bridgehead atoms. The number of nitrogens with zero attached hydrogens (tertiary/aromatic N) is 1. The van der Waals surface area contributed by atoms with Gasteiger partial charge < -0.3 is 9.84 Å². The molecule has 0 radical (unpaired) electrons. The van der Waals surface area contributed by atoms with E-state index in [9.17, 15) is 14.7 Å². The second kappa shape index (κ2) is 5.54. The highest BCUT2D eigenvalue weighted by atomic mass is 16.5. The van der Waals surface area contributed by atoms with Crippen molar-refractivity contribution in [2.45, 2.75) is 32.1 Å². The van der Waals surface area contributed by atoms with E-state index in [4.69, 9.17) is 4.74 Å². The maximum atomic E-state index is 11.9. The van der Waals surface area contributed by atoms with Gasteiger partial charge >= 0.3 is 5.69 Å². The van der Waals surface area contributed by atoms with E-state index >= 15 is 0 Å². The first-order valence-corrected chi connectivity index (χ1v) is 6.26. The zero-order valence-corrected chi connectivity index (χ0v) is 10.8. The monoisotopic (exact) mass is 266 g/mol. The number of aliphatic hydroxyl groups excluding tert-OH is 1. The van der Waals surface area contributed by atoms with Crippen molar-refractivity contribution in [3.63, 3.8) is 0 Å². The lowest BCUT2D eigenvalue weighted by Gasteiger charge is -2.20. The highest BCUT2D eigenvalue weighted by Gasteiger charge is 2.35. The van der Waals surface area contributed by atoms with Crippen LogP contribution in [-0.2, 0) is 4.74 Å². The molecule has 3 atom stereocenters. The molecule has 1 saturated heterocycles. The summed E-state index contributed by atoms with van der Waals surface area (Å²) in [5.41, 5.74) is -0.431. The molecule has 1 aromatic rings. The van der Waals surface area contributed by atoms with Crippen LogP contribution in [0.4, 0.5) is 0 Å². The van der Waals surface area contributed by atoms with Crippen LogP contribution in [0.2, 0.25) is 0 Å². The molecule has 0 aromatic carbocycles. The summed E-state index contributed by atoms with van der Waals surface area (Å²) in [7, 11) is 0. The minimum Gasteiger partial charge on any atom is -0.394 e. The Morgan fingerprint density at radius 2 is 2.37 bits per heavy atom. The topological polar surface area (TPSA) is 84.3 Å². The third-order valence-electron chi connectivity index (χ3n) is 3.39. The van der Waals surface area contributed by atoms with Gasteiger partial charge in [-0.25, -0.2) is 4.79 Å². The molecule has 2 heterocycles. The van der Waals surface area contributed by atoms with Gasteiger partial charge in [-0.05, 0) is 19.8 Å². The van der Waals surface area contributed by atoms with Gasteiger partial charge in [0.1, 0.15) is 6.23 Å². The predicted molar refractivity (Wildman–Crippen MR) is 70.0 cm³/mol. The van der Waals surface area contributed by atoms with Crippen molar-refractivity contribution < 1.29 is 9.84 Å². The minimum absolute atomic E-state index is 0.0673. The van der Waals surface area contributed by atoms with Crippen LogP contribution < -0.4 is 11.2 Å². The van der Waals surface area contributed by atoms with E-state index in [-0.39, 0.29) is 18.6 Å². The third-order valence-corrected chi connectivity index (χ3v) is 3.39. The predicted octanol–water partition coefficient (Wildman–Crippen LogP) is 0.317. The zero-order chi connectivity index (χ0) is 14.0. The average molecular weight is 266 g/mol. The molecule has 1 aliphatic rings. The number of hydrogen-bond donors (Lipinski definition) is 2. The Kier molecular flexibility index (Phi) is 4.01. The van der Waals surface area contributed by atoms with E-state index in [1.165, 1.54) is 10.8 Å². The molecule has 104 valence electrons. The van der Waals surface area contributed by atoms with Crippen LogP contribution in [0.15, 0.2) is 28.4 Å². The van der Waals surface area contributed by atoms with Crippen molar-refractivity contribution in [3.8, 4) is 0 Å². The first-order valence-electron chi connectivity index (χ1n) is 6.26. The number of aryl methyl sites for hydroxylation is 1. The molecule has 2 rings (SSSR count). The number of nitrogens with one attached hydrogen (secondary N) is 1. The molecular formula is C13H18N2O4. The average Bonchev–Trinajstić information content (AvgIpc) is 2.77. The van der Waals surface area contributed by atoms with Crippen LogP contribution >= 0.6 is 0 Å². The Hall–Kier alpha value is -1.66. The van der Waals surface area contributed by atoms with Gasteiger partial charge in [-0.2, -0.15) is 0 Å². The number of allylic oxidation sites excluding steroid dienone is 1. The summed E-state index contributed by atoms with van der Waals surface area (Å²) in [5.74, 6) is 0.0673. The minimum atomic E-state index is -0.492. The van der Waals surface area contributed by atoms with E-state index in [1.807, 2.05) is 0 Å². The van der Waals surface area contributed by atoms with Crippen molar-refractivity contribution in [1.29, 1.82) is 0 Å². The van der Waals surface area contributed by atoms with Gasteiger partial charge in [0.05, 0.1) is 12.7 Å². The number of hydrogen-bond acceptors (Lipinski definition) is 4. The fourth-order valence-electron chi connectivity index (χ4n) is 2.43. The lowest BCUT2D eigenvalue weighted by Crippen LogP contribution is -2.35. The molecule has 1 aromatic heterocycles. The molecular weight excluding hydrogens is 248 g/mol. The Balaban J connectivity index is 2.38. The second-order valence-electron chi connectivity index (χ2n) is 4.83. The number of ether oxygens (including phenoxy) is 1. The summed E-state index contributed by atoms with van der Waals surface area (Å²) in [6, 6.07) is 0. The first kappa shape index (κ1) is 13.8. The molecule has 0 aliphatic carbocycles. The quantitative estimate of drug-likeness (QED) is 0.769. The number of H-pyrrole nitrogens is 1. The van der Waals surface area contributed by atoms with Gasteiger partial charge in [-0.3, -0.25) is 14.3 Å². The van der Waals surface area contributed by atoms with Crippen molar-refractivity contribution in [3.05, 3.63) is 45.3 Å². The van der Waals surface area contributed by atoms with Crippen LogP contribution in [-0.4, -0.2) is 27.4 Å². The van der Waals surface area contributed by atoms with Gasteiger partial charge in [0.25, 0.3) is 5.56 Å². The summed E-state index contributed by atoms with van der Waals surface area (Å²) in [6.45, 7) is 5.25. The smallest absolute Gasteiger partial charge is 0.330 e. The summed E-state index contributed by atoms with van der Waals surface area (Å²) in [5, 5.41) is 9.19. The standard InChI is InChI=1S/C13H18N2O4/c1-3-4-9-5-10(7-16)19-12(9)15-6-8(2)11(17)14-13(15)18/h3,6,9-10,12,16H,1,4-5,7H2,2H3,(H,14,17,18)/t9?,10-,12+/m0/s1. The van der Waals surface area contributed by atoms with Gasteiger partial charge in [0.2, 0.25) is 0 Å². The van der Waals surface area contributed by atoms with Crippen LogP contribution in [0.25, 0.3) is 0 Å². The summed E-state index contributed by atoms with van der Waals surface area (Å²) < 4.78 is 7.07. The second-order valence-corrected chi connectivity index (χ2v) is 4.83. The normalized spacial score (nSPS) is 26.5. The van der Waals surface area contributed by atoms with Crippen molar-refractivity contribution in [2.75, 3.05) is 6.61 Å².